The number of hydrogen-bond acceptors (Lipinski definition) is 3. The highest BCUT2D eigenvalue weighted by Crippen LogP contribution is 2.17. The van der Waals surface area contributed by atoms with Crippen molar-refractivity contribution in [3.8, 4) is 0 Å². The lowest BCUT2D eigenvalue weighted by Gasteiger charge is -2.36. The largest absolute Gasteiger partial charge is 0.380 e. The normalized spacial score (nSPS) is 19.4. The fourth-order valence-corrected chi connectivity index (χ4v) is 1.96. The van der Waals surface area contributed by atoms with Crippen molar-refractivity contribution >= 4 is 11.7 Å². The number of rotatable bonds is 5. The van der Waals surface area contributed by atoms with E-state index in [1.807, 2.05) is 11.8 Å². The molecular formula is C12H21NO3. The van der Waals surface area contributed by atoms with Crippen molar-refractivity contribution in [1.29, 1.82) is 0 Å². The van der Waals surface area contributed by atoms with Gasteiger partial charge in [0.2, 0.25) is 5.91 Å². The van der Waals surface area contributed by atoms with Crippen LogP contribution in [0.25, 0.3) is 0 Å². The fourth-order valence-electron chi connectivity index (χ4n) is 1.96. The zero-order chi connectivity index (χ0) is 12.1. The van der Waals surface area contributed by atoms with Crippen LogP contribution in [0.2, 0.25) is 0 Å². The number of ketones is 1. The van der Waals surface area contributed by atoms with E-state index >= 15 is 0 Å². The minimum atomic E-state index is -0.0466. The van der Waals surface area contributed by atoms with Crippen LogP contribution < -0.4 is 0 Å². The Morgan fingerprint density at radius 3 is 2.56 bits per heavy atom. The molecule has 0 aromatic carbocycles. The van der Waals surface area contributed by atoms with Gasteiger partial charge in [-0.05, 0) is 12.8 Å². The standard InChI is InChI=1S/C12H21NO3/c1-4-16-8-11(9(2)3)13-6-5-10(14)7-12(13)15/h9,11H,4-8H2,1-3H3. The molecule has 0 aromatic rings. The van der Waals surface area contributed by atoms with Crippen LogP contribution in [0.3, 0.4) is 0 Å². The molecule has 1 atom stereocenters. The summed E-state index contributed by atoms with van der Waals surface area (Å²) in [6, 6.07) is 0.0977. The van der Waals surface area contributed by atoms with E-state index in [9.17, 15) is 9.59 Å². The highest BCUT2D eigenvalue weighted by atomic mass is 16.5. The van der Waals surface area contributed by atoms with E-state index in [0.29, 0.717) is 32.1 Å². The number of piperidine rings is 1. The molecule has 0 bridgehead atoms. The third kappa shape index (κ3) is 3.30. The molecule has 1 aliphatic rings. The van der Waals surface area contributed by atoms with Gasteiger partial charge < -0.3 is 9.64 Å². The summed E-state index contributed by atoms with van der Waals surface area (Å²) in [5.41, 5.74) is 0. The Morgan fingerprint density at radius 1 is 1.38 bits per heavy atom. The Kier molecular flexibility index (Phi) is 4.93. The van der Waals surface area contributed by atoms with Crippen molar-refractivity contribution in [1.82, 2.24) is 4.90 Å². The van der Waals surface area contributed by atoms with Gasteiger partial charge in [0.25, 0.3) is 0 Å². The summed E-state index contributed by atoms with van der Waals surface area (Å²) in [6.07, 6.45) is 0.552. The highest BCUT2D eigenvalue weighted by molar-refractivity contribution is 6.00. The van der Waals surface area contributed by atoms with Crippen LogP contribution in [0.5, 0.6) is 0 Å². The van der Waals surface area contributed by atoms with Crippen molar-refractivity contribution in [2.75, 3.05) is 19.8 Å². The summed E-state index contributed by atoms with van der Waals surface area (Å²) < 4.78 is 5.41. The van der Waals surface area contributed by atoms with Gasteiger partial charge in [0.15, 0.2) is 0 Å². The smallest absolute Gasteiger partial charge is 0.230 e. The lowest BCUT2D eigenvalue weighted by atomic mass is 9.99. The van der Waals surface area contributed by atoms with Gasteiger partial charge in [0, 0.05) is 19.6 Å². The molecule has 0 aliphatic carbocycles. The number of carbonyl (C=O) groups is 2. The predicted octanol–water partition coefficient (Wildman–Crippen LogP) is 1.24. The Balaban J connectivity index is 2.63. The Morgan fingerprint density at radius 2 is 2.06 bits per heavy atom. The molecule has 1 amide bonds. The topological polar surface area (TPSA) is 46.6 Å². The molecular weight excluding hydrogens is 206 g/mol. The molecule has 92 valence electrons. The second-order valence-electron chi connectivity index (χ2n) is 4.52. The fraction of sp³-hybridized carbons (Fsp3) is 0.833. The average Bonchev–Trinajstić information content (AvgIpc) is 2.20. The van der Waals surface area contributed by atoms with Crippen molar-refractivity contribution in [3.05, 3.63) is 0 Å². The average molecular weight is 227 g/mol. The number of hydrogen-bond donors (Lipinski definition) is 0. The van der Waals surface area contributed by atoms with Crippen LogP contribution in [0.15, 0.2) is 0 Å². The SMILES string of the molecule is CCOCC(C(C)C)N1CCC(=O)CC1=O. The first-order valence-corrected chi connectivity index (χ1v) is 5.95. The summed E-state index contributed by atoms with van der Waals surface area (Å²) in [7, 11) is 0. The van der Waals surface area contributed by atoms with Gasteiger partial charge in [-0.2, -0.15) is 0 Å². The molecule has 1 aliphatic heterocycles. The van der Waals surface area contributed by atoms with E-state index < -0.39 is 0 Å². The Labute approximate surface area is 96.9 Å². The Bertz CT molecular complexity index is 263. The van der Waals surface area contributed by atoms with Crippen molar-refractivity contribution in [2.24, 2.45) is 5.92 Å². The maximum Gasteiger partial charge on any atom is 0.230 e. The maximum atomic E-state index is 11.8. The van der Waals surface area contributed by atoms with Crippen molar-refractivity contribution in [2.45, 2.75) is 39.7 Å². The molecule has 4 heteroatoms. The zero-order valence-corrected chi connectivity index (χ0v) is 10.4. The third-order valence-corrected chi connectivity index (χ3v) is 2.96. The maximum absolute atomic E-state index is 11.8. The molecule has 0 spiro atoms. The minimum absolute atomic E-state index is 0.0466. The molecule has 0 radical (unpaired) electrons. The van der Waals surface area contributed by atoms with Crippen LogP contribution >= 0.6 is 0 Å². The monoisotopic (exact) mass is 227 g/mol. The first-order chi connectivity index (χ1) is 7.56. The summed E-state index contributed by atoms with van der Waals surface area (Å²) in [5, 5.41) is 0. The summed E-state index contributed by atoms with van der Waals surface area (Å²) >= 11 is 0. The van der Waals surface area contributed by atoms with Gasteiger partial charge in [-0.3, -0.25) is 9.59 Å². The van der Waals surface area contributed by atoms with Crippen molar-refractivity contribution < 1.29 is 14.3 Å². The van der Waals surface area contributed by atoms with E-state index in [2.05, 4.69) is 13.8 Å². The molecule has 1 heterocycles. The molecule has 0 aromatic heterocycles. The quantitative estimate of drug-likeness (QED) is 0.664. The summed E-state index contributed by atoms with van der Waals surface area (Å²) in [5.74, 6) is 0.360. The first-order valence-electron chi connectivity index (χ1n) is 5.95. The van der Waals surface area contributed by atoms with Gasteiger partial charge >= 0.3 is 0 Å². The molecule has 1 unspecified atom stereocenters. The lowest BCUT2D eigenvalue weighted by Crippen LogP contribution is -2.50. The van der Waals surface area contributed by atoms with Gasteiger partial charge in [-0.25, -0.2) is 0 Å². The molecule has 1 rings (SSSR count). The summed E-state index contributed by atoms with van der Waals surface area (Å²) in [4.78, 5) is 24.7. The van der Waals surface area contributed by atoms with E-state index in [0.717, 1.165) is 0 Å². The van der Waals surface area contributed by atoms with E-state index in [4.69, 9.17) is 4.74 Å². The number of ether oxygens (including phenoxy) is 1. The molecule has 1 saturated heterocycles. The zero-order valence-electron chi connectivity index (χ0n) is 10.4. The molecule has 16 heavy (non-hydrogen) atoms. The van der Waals surface area contributed by atoms with Crippen LogP contribution in [-0.2, 0) is 14.3 Å². The lowest BCUT2D eigenvalue weighted by molar-refractivity contribution is -0.143. The van der Waals surface area contributed by atoms with E-state index in [1.54, 1.807) is 0 Å². The predicted molar refractivity (Wildman–Crippen MR) is 61.1 cm³/mol. The number of likely N-dealkylation sites (tertiary alicyclic amines) is 1. The second kappa shape index (κ2) is 5.99. The van der Waals surface area contributed by atoms with Crippen molar-refractivity contribution in [3.63, 3.8) is 0 Å². The van der Waals surface area contributed by atoms with Gasteiger partial charge in [-0.15, -0.1) is 0 Å². The molecule has 4 nitrogen and oxygen atoms in total. The third-order valence-electron chi connectivity index (χ3n) is 2.96. The van der Waals surface area contributed by atoms with Gasteiger partial charge in [-0.1, -0.05) is 13.8 Å². The van der Waals surface area contributed by atoms with E-state index in [-0.39, 0.29) is 24.2 Å². The van der Waals surface area contributed by atoms with Gasteiger partial charge in [0.05, 0.1) is 19.1 Å². The van der Waals surface area contributed by atoms with Crippen LogP contribution in [-0.4, -0.2) is 42.4 Å². The Hall–Kier alpha value is -0.900. The molecule has 1 fully saturated rings. The number of carbonyl (C=O) groups excluding carboxylic acids is 2. The second-order valence-corrected chi connectivity index (χ2v) is 4.52. The summed E-state index contributed by atoms with van der Waals surface area (Å²) in [6.45, 7) is 7.87. The first kappa shape index (κ1) is 13.2. The number of nitrogens with zero attached hydrogens (tertiary/aromatic N) is 1. The minimum Gasteiger partial charge on any atom is -0.380 e. The molecule has 0 saturated carbocycles. The van der Waals surface area contributed by atoms with Gasteiger partial charge in [0.1, 0.15) is 5.78 Å². The highest BCUT2D eigenvalue weighted by Gasteiger charge is 2.31. The number of Topliss-reactive ketones (excluding diaryl/α,β-unsaturated/α-hetero) is 1. The van der Waals surface area contributed by atoms with E-state index in [1.165, 1.54) is 0 Å². The van der Waals surface area contributed by atoms with Crippen LogP contribution in [0.4, 0.5) is 0 Å². The van der Waals surface area contributed by atoms with Crippen LogP contribution in [0, 0.1) is 5.92 Å². The molecule has 0 N–H and O–H groups in total. The van der Waals surface area contributed by atoms with Crippen LogP contribution in [0.1, 0.15) is 33.6 Å². The number of amides is 1.